The van der Waals surface area contributed by atoms with Gasteiger partial charge in [0.2, 0.25) is 0 Å². The van der Waals surface area contributed by atoms with Crippen molar-refractivity contribution in [2.24, 2.45) is 0 Å². The molecule has 1 amide bonds. The smallest absolute Gasteiger partial charge is 0.261 e. The van der Waals surface area contributed by atoms with Crippen molar-refractivity contribution in [1.29, 1.82) is 0 Å². The van der Waals surface area contributed by atoms with Gasteiger partial charge in [0.1, 0.15) is 17.8 Å². The fourth-order valence-electron chi connectivity index (χ4n) is 4.77. The van der Waals surface area contributed by atoms with Gasteiger partial charge in [0, 0.05) is 43.3 Å². The summed E-state index contributed by atoms with van der Waals surface area (Å²) in [4.78, 5) is 30.3. The number of thioether (sulfide) groups is 1. The van der Waals surface area contributed by atoms with Crippen molar-refractivity contribution in [2.45, 2.75) is 38.1 Å². The fourth-order valence-corrected chi connectivity index (χ4v) is 5.74. The van der Waals surface area contributed by atoms with Gasteiger partial charge in [0.15, 0.2) is 0 Å². The van der Waals surface area contributed by atoms with Crippen molar-refractivity contribution in [3.8, 4) is 0 Å². The maximum atomic E-state index is 13.3. The molecule has 7 nitrogen and oxygen atoms in total. The summed E-state index contributed by atoms with van der Waals surface area (Å²) in [5, 5.41) is 4.70. The number of anilines is 1. The Morgan fingerprint density at radius 3 is 3.00 bits per heavy atom. The number of amides is 1. The number of nitrogens with one attached hydrogen (secondary N) is 2. The second kappa shape index (κ2) is 7.08. The van der Waals surface area contributed by atoms with Crippen LogP contribution in [0.4, 0.5) is 5.82 Å². The maximum Gasteiger partial charge on any atom is 0.261 e. The molecule has 2 aromatic rings. The molecule has 2 N–H and O–H groups in total. The lowest BCUT2D eigenvalue weighted by Gasteiger charge is -2.41. The van der Waals surface area contributed by atoms with Gasteiger partial charge in [-0.1, -0.05) is 0 Å². The Morgan fingerprint density at radius 1 is 1.25 bits per heavy atom. The lowest BCUT2D eigenvalue weighted by Crippen LogP contribution is -2.55. The Kier molecular flexibility index (Phi) is 4.55. The zero-order valence-corrected chi connectivity index (χ0v) is 17.0. The predicted octanol–water partition coefficient (Wildman–Crippen LogP) is 2.41. The average molecular weight is 399 g/mol. The van der Waals surface area contributed by atoms with Gasteiger partial charge in [-0.15, -0.1) is 11.8 Å². The first-order valence-electron chi connectivity index (χ1n) is 10.1. The van der Waals surface area contributed by atoms with Crippen molar-refractivity contribution in [3.63, 3.8) is 0 Å². The number of aromatic nitrogens is 3. The summed E-state index contributed by atoms with van der Waals surface area (Å²) in [6.45, 7) is 5.66. The SMILES string of the molecule is Cc1c[nH]c2ncnc(N3C=C(C(=O)N4CCCC5(CCCN5)C4)SCC3)c12. The largest absolute Gasteiger partial charge is 0.346 e. The van der Waals surface area contributed by atoms with Gasteiger partial charge in [0.05, 0.1) is 10.3 Å². The standard InChI is InChI=1S/C20H26N6OS/c1-14-10-21-17-16(14)18(23-13-22-17)25-8-9-28-15(11-25)19(27)26-7-3-5-20(12-26)4-2-6-24-20/h10-11,13,24H,2-9,12H2,1H3,(H,21,22,23). The number of aryl methyl sites for hydroxylation is 1. The van der Waals surface area contributed by atoms with Crippen molar-refractivity contribution in [1.82, 2.24) is 25.2 Å². The molecule has 3 aliphatic rings. The molecular weight excluding hydrogens is 372 g/mol. The molecule has 5 rings (SSSR count). The molecule has 148 valence electrons. The number of rotatable bonds is 2. The summed E-state index contributed by atoms with van der Waals surface area (Å²) in [5.74, 6) is 1.92. The van der Waals surface area contributed by atoms with E-state index in [4.69, 9.17) is 0 Å². The third-order valence-corrected chi connectivity index (χ3v) is 7.17. The Morgan fingerprint density at radius 2 is 2.14 bits per heavy atom. The van der Waals surface area contributed by atoms with Crippen LogP contribution >= 0.6 is 11.8 Å². The van der Waals surface area contributed by atoms with Crippen molar-refractivity contribution < 1.29 is 4.79 Å². The lowest BCUT2D eigenvalue weighted by atomic mass is 9.87. The maximum absolute atomic E-state index is 13.3. The second-order valence-electron chi connectivity index (χ2n) is 8.07. The van der Waals surface area contributed by atoms with E-state index < -0.39 is 0 Å². The second-order valence-corrected chi connectivity index (χ2v) is 9.21. The Bertz CT molecular complexity index is 932. The van der Waals surface area contributed by atoms with E-state index in [-0.39, 0.29) is 11.4 Å². The van der Waals surface area contributed by atoms with Crippen LogP contribution < -0.4 is 10.2 Å². The van der Waals surface area contributed by atoms with E-state index in [1.54, 1.807) is 18.1 Å². The van der Waals surface area contributed by atoms with Gasteiger partial charge in [-0.3, -0.25) is 4.79 Å². The van der Waals surface area contributed by atoms with Gasteiger partial charge in [-0.05, 0) is 44.7 Å². The molecule has 1 unspecified atom stereocenters. The molecule has 3 aliphatic heterocycles. The molecule has 5 heterocycles. The fraction of sp³-hybridized carbons (Fsp3) is 0.550. The third kappa shape index (κ3) is 3.08. The topological polar surface area (TPSA) is 77.2 Å². The van der Waals surface area contributed by atoms with Crippen LogP contribution in [-0.4, -0.2) is 63.2 Å². The van der Waals surface area contributed by atoms with E-state index in [2.05, 4.69) is 37.0 Å². The molecule has 0 radical (unpaired) electrons. The van der Waals surface area contributed by atoms with E-state index >= 15 is 0 Å². The number of likely N-dealkylation sites (tertiary alicyclic amines) is 1. The molecule has 2 aromatic heterocycles. The number of nitrogens with zero attached hydrogens (tertiary/aromatic N) is 4. The number of carbonyl (C=O) groups is 1. The molecule has 0 bridgehead atoms. The van der Waals surface area contributed by atoms with Crippen LogP contribution in [0.2, 0.25) is 0 Å². The van der Waals surface area contributed by atoms with Crippen LogP contribution in [0.25, 0.3) is 11.0 Å². The van der Waals surface area contributed by atoms with Gasteiger partial charge in [-0.2, -0.15) is 0 Å². The summed E-state index contributed by atoms with van der Waals surface area (Å²) in [6.07, 6.45) is 10.2. The van der Waals surface area contributed by atoms with Crippen LogP contribution in [-0.2, 0) is 4.79 Å². The minimum Gasteiger partial charge on any atom is -0.346 e. The van der Waals surface area contributed by atoms with Crippen molar-refractivity contribution in [3.05, 3.63) is 29.2 Å². The normalized spacial score (nSPS) is 25.5. The van der Waals surface area contributed by atoms with E-state index in [0.29, 0.717) is 0 Å². The van der Waals surface area contributed by atoms with E-state index in [1.807, 2.05) is 12.4 Å². The molecule has 0 aliphatic carbocycles. The molecule has 1 atom stereocenters. The molecule has 0 saturated carbocycles. The molecule has 2 saturated heterocycles. The van der Waals surface area contributed by atoms with Crippen molar-refractivity contribution >= 4 is 34.5 Å². The van der Waals surface area contributed by atoms with Crippen LogP contribution in [0.5, 0.6) is 0 Å². The summed E-state index contributed by atoms with van der Waals surface area (Å²) < 4.78 is 0. The lowest BCUT2D eigenvalue weighted by molar-refractivity contribution is -0.128. The molecular formula is C20H26N6OS. The monoisotopic (exact) mass is 398 g/mol. The highest BCUT2D eigenvalue weighted by Crippen LogP contribution is 2.34. The summed E-state index contributed by atoms with van der Waals surface area (Å²) in [6, 6.07) is 0. The number of hydrogen-bond acceptors (Lipinski definition) is 6. The molecule has 0 aromatic carbocycles. The first-order valence-corrected chi connectivity index (χ1v) is 11.1. The first kappa shape index (κ1) is 18.0. The van der Waals surface area contributed by atoms with Crippen LogP contribution in [0, 0.1) is 6.92 Å². The minimum atomic E-state index is 0.147. The number of H-pyrrole nitrogens is 1. The van der Waals surface area contributed by atoms with E-state index in [9.17, 15) is 4.79 Å². The number of piperidine rings is 1. The predicted molar refractivity (Wildman–Crippen MR) is 112 cm³/mol. The van der Waals surface area contributed by atoms with Gasteiger partial charge in [0.25, 0.3) is 5.91 Å². The highest BCUT2D eigenvalue weighted by Gasteiger charge is 2.39. The van der Waals surface area contributed by atoms with Gasteiger partial charge in [-0.25, -0.2) is 9.97 Å². The molecule has 8 heteroatoms. The molecule has 2 fully saturated rings. The summed E-state index contributed by atoms with van der Waals surface area (Å²) in [7, 11) is 0. The summed E-state index contributed by atoms with van der Waals surface area (Å²) in [5.41, 5.74) is 2.11. The van der Waals surface area contributed by atoms with Crippen LogP contribution in [0.15, 0.2) is 23.6 Å². The minimum absolute atomic E-state index is 0.147. The Hall–Kier alpha value is -2.06. The Balaban J connectivity index is 1.41. The van der Waals surface area contributed by atoms with E-state index in [1.165, 1.54) is 19.3 Å². The zero-order valence-electron chi connectivity index (χ0n) is 16.2. The highest BCUT2D eigenvalue weighted by atomic mass is 32.2. The zero-order chi connectivity index (χ0) is 19.1. The highest BCUT2D eigenvalue weighted by molar-refractivity contribution is 8.04. The molecule has 1 spiro atoms. The number of hydrogen-bond donors (Lipinski definition) is 2. The molecule has 28 heavy (non-hydrogen) atoms. The number of carbonyl (C=O) groups excluding carboxylic acids is 1. The number of fused-ring (bicyclic) bond motifs is 1. The number of aromatic amines is 1. The first-order chi connectivity index (χ1) is 13.7. The van der Waals surface area contributed by atoms with Crippen LogP contribution in [0.1, 0.15) is 31.2 Å². The van der Waals surface area contributed by atoms with Crippen LogP contribution in [0.3, 0.4) is 0 Å². The van der Waals surface area contributed by atoms with E-state index in [0.717, 1.165) is 65.7 Å². The Labute approximate surface area is 169 Å². The van der Waals surface area contributed by atoms with Crippen molar-refractivity contribution in [2.75, 3.05) is 36.8 Å². The van der Waals surface area contributed by atoms with Gasteiger partial charge >= 0.3 is 0 Å². The average Bonchev–Trinajstić information content (AvgIpc) is 3.34. The quantitative estimate of drug-likeness (QED) is 0.809. The van der Waals surface area contributed by atoms with Gasteiger partial charge < -0.3 is 20.1 Å². The third-order valence-electron chi connectivity index (χ3n) is 6.19. The summed E-state index contributed by atoms with van der Waals surface area (Å²) >= 11 is 1.66.